The van der Waals surface area contributed by atoms with Crippen LogP contribution in [-0.2, 0) is 0 Å². The fourth-order valence-corrected chi connectivity index (χ4v) is 1.05. The second kappa shape index (κ2) is 3.38. The number of anilines is 1. The van der Waals surface area contributed by atoms with Crippen LogP contribution >= 0.6 is 0 Å². The van der Waals surface area contributed by atoms with Crippen LogP contribution in [0.15, 0.2) is 18.9 Å². The van der Waals surface area contributed by atoms with Crippen molar-refractivity contribution in [2.75, 3.05) is 5.43 Å². The highest BCUT2D eigenvalue weighted by molar-refractivity contribution is 5.36. The Morgan fingerprint density at radius 2 is 2.36 bits per heavy atom. The number of nitrogens with one attached hydrogen (secondary N) is 1. The maximum atomic E-state index is 5.20. The predicted molar refractivity (Wildman–Crippen MR) is 49.5 cm³/mol. The van der Waals surface area contributed by atoms with Gasteiger partial charge in [0, 0.05) is 11.8 Å². The minimum absolute atomic E-state index is 0.348. The third-order valence-corrected chi connectivity index (χ3v) is 1.71. The summed E-state index contributed by atoms with van der Waals surface area (Å²) < 4.78 is 1.55. The van der Waals surface area contributed by atoms with Crippen LogP contribution in [0.25, 0.3) is 5.82 Å². The van der Waals surface area contributed by atoms with Crippen LogP contribution in [0.2, 0.25) is 0 Å². The molecule has 0 aliphatic carbocycles. The van der Waals surface area contributed by atoms with Gasteiger partial charge in [-0.2, -0.15) is 10.1 Å². The number of hydrogen-bond donors (Lipinski definition) is 2. The summed E-state index contributed by atoms with van der Waals surface area (Å²) in [6, 6.07) is 0. The van der Waals surface area contributed by atoms with E-state index in [1.54, 1.807) is 17.2 Å². The second-order valence-electron chi connectivity index (χ2n) is 2.68. The summed E-state index contributed by atoms with van der Waals surface area (Å²) in [6.07, 6.45) is 4.67. The van der Waals surface area contributed by atoms with E-state index in [1.165, 1.54) is 6.33 Å². The molecule has 0 aliphatic rings. The van der Waals surface area contributed by atoms with Gasteiger partial charge in [0.15, 0.2) is 5.82 Å². The van der Waals surface area contributed by atoms with Gasteiger partial charge in [-0.15, -0.1) is 0 Å². The molecular formula is C7H9N7. The Balaban J connectivity index is 2.51. The molecule has 3 N–H and O–H groups in total. The molecule has 0 saturated heterocycles. The van der Waals surface area contributed by atoms with E-state index in [9.17, 15) is 0 Å². The summed E-state index contributed by atoms with van der Waals surface area (Å²) in [4.78, 5) is 11.9. The van der Waals surface area contributed by atoms with E-state index in [0.717, 1.165) is 5.56 Å². The van der Waals surface area contributed by atoms with Crippen molar-refractivity contribution in [2.45, 2.75) is 6.92 Å². The zero-order valence-electron chi connectivity index (χ0n) is 7.55. The zero-order valence-corrected chi connectivity index (χ0v) is 7.55. The molecule has 0 amide bonds. The van der Waals surface area contributed by atoms with Gasteiger partial charge in [0.2, 0.25) is 5.95 Å². The van der Waals surface area contributed by atoms with Crippen molar-refractivity contribution in [2.24, 2.45) is 5.84 Å². The van der Waals surface area contributed by atoms with Crippen LogP contribution < -0.4 is 11.3 Å². The van der Waals surface area contributed by atoms with E-state index >= 15 is 0 Å². The zero-order chi connectivity index (χ0) is 9.97. The highest BCUT2D eigenvalue weighted by atomic mass is 15.4. The van der Waals surface area contributed by atoms with Gasteiger partial charge in [0.25, 0.3) is 0 Å². The molecule has 72 valence electrons. The van der Waals surface area contributed by atoms with Crippen molar-refractivity contribution in [1.82, 2.24) is 24.7 Å². The first-order chi connectivity index (χ1) is 6.81. The molecule has 0 atom stereocenters. The summed E-state index contributed by atoms with van der Waals surface area (Å²) >= 11 is 0. The number of nitrogen functional groups attached to an aromatic ring is 1. The van der Waals surface area contributed by atoms with Gasteiger partial charge in [-0.3, -0.25) is 5.43 Å². The third-order valence-electron chi connectivity index (χ3n) is 1.71. The molecule has 7 nitrogen and oxygen atoms in total. The summed E-state index contributed by atoms with van der Waals surface area (Å²) in [5.74, 6) is 6.21. The molecule has 0 bridgehead atoms. The van der Waals surface area contributed by atoms with Crippen LogP contribution in [0.4, 0.5) is 5.95 Å². The smallest absolute Gasteiger partial charge is 0.239 e. The highest BCUT2D eigenvalue weighted by Gasteiger charge is 2.05. The second-order valence-corrected chi connectivity index (χ2v) is 2.68. The van der Waals surface area contributed by atoms with Gasteiger partial charge in [-0.1, -0.05) is 0 Å². The Kier molecular flexibility index (Phi) is 2.07. The van der Waals surface area contributed by atoms with Crippen molar-refractivity contribution in [3.05, 3.63) is 24.4 Å². The first-order valence-electron chi connectivity index (χ1n) is 3.96. The normalized spacial score (nSPS) is 10.1. The Morgan fingerprint density at radius 3 is 3.00 bits per heavy atom. The lowest BCUT2D eigenvalue weighted by molar-refractivity contribution is 0.828. The van der Waals surface area contributed by atoms with Gasteiger partial charge in [-0.25, -0.2) is 20.5 Å². The predicted octanol–water partition coefficient (Wildman–Crippen LogP) is -0.349. The molecule has 2 heterocycles. The van der Waals surface area contributed by atoms with Crippen LogP contribution in [0.5, 0.6) is 0 Å². The Bertz CT molecular complexity index is 422. The molecule has 0 aliphatic heterocycles. The lowest BCUT2D eigenvalue weighted by Gasteiger charge is -2.05. The highest BCUT2D eigenvalue weighted by Crippen LogP contribution is 2.09. The first-order valence-corrected chi connectivity index (χ1v) is 3.96. The molecule has 2 aromatic rings. The molecule has 0 aromatic carbocycles. The average molecular weight is 191 g/mol. The van der Waals surface area contributed by atoms with Gasteiger partial charge >= 0.3 is 0 Å². The van der Waals surface area contributed by atoms with Crippen molar-refractivity contribution in [3.63, 3.8) is 0 Å². The van der Waals surface area contributed by atoms with E-state index in [-0.39, 0.29) is 0 Å². The van der Waals surface area contributed by atoms with Gasteiger partial charge in [-0.05, 0) is 6.92 Å². The summed E-state index contributed by atoms with van der Waals surface area (Å²) in [5.41, 5.74) is 3.27. The monoisotopic (exact) mass is 191 g/mol. The van der Waals surface area contributed by atoms with Crippen molar-refractivity contribution in [3.8, 4) is 5.82 Å². The minimum Gasteiger partial charge on any atom is -0.292 e. The topological polar surface area (TPSA) is 94.5 Å². The van der Waals surface area contributed by atoms with Crippen LogP contribution in [0.1, 0.15) is 5.56 Å². The maximum absolute atomic E-state index is 5.20. The number of aromatic nitrogens is 5. The number of nitrogens with two attached hydrogens (primary N) is 1. The number of hydrazine groups is 1. The molecular weight excluding hydrogens is 182 g/mol. The number of rotatable bonds is 2. The van der Waals surface area contributed by atoms with E-state index < -0.39 is 0 Å². The molecule has 0 unspecified atom stereocenters. The summed E-state index contributed by atoms with van der Waals surface area (Å²) in [7, 11) is 0. The molecule has 0 fully saturated rings. The van der Waals surface area contributed by atoms with E-state index in [1.807, 2.05) is 6.92 Å². The first kappa shape index (κ1) is 8.57. The molecule has 0 spiro atoms. The fraction of sp³-hybridized carbons (Fsp3) is 0.143. The molecule has 2 aromatic heterocycles. The Hall–Kier alpha value is -2.02. The maximum Gasteiger partial charge on any atom is 0.239 e. The van der Waals surface area contributed by atoms with E-state index in [2.05, 4.69) is 25.5 Å². The fourth-order valence-electron chi connectivity index (χ4n) is 1.05. The largest absolute Gasteiger partial charge is 0.292 e. The minimum atomic E-state index is 0.348. The number of nitrogens with zero attached hydrogens (tertiary/aromatic N) is 5. The number of hydrogen-bond acceptors (Lipinski definition) is 6. The molecule has 14 heavy (non-hydrogen) atoms. The van der Waals surface area contributed by atoms with Crippen molar-refractivity contribution < 1.29 is 0 Å². The van der Waals surface area contributed by atoms with Gasteiger partial charge in [0.05, 0.1) is 0 Å². The molecule has 0 saturated carbocycles. The standard InChI is InChI=1S/C7H9N7/c1-5-2-10-7(13-8)12-6(5)14-4-9-3-11-14/h2-4H,8H2,1H3,(H,10,12,13). The quantitative estimate of drug-likeness (QED) is 0.497. The van der Waals surface area contributed by atoms with Crippen molar-refractivity contribution in [1.29, 1.82) is 0 Å². The summed E-state index contributed by atoms with van der Waals surface area (Å²) in [5, 5.41) is 3.97. The van der Waals surface area contributed by atoms with Crippen LogP contribution in [-0.4, -0.2) is 24.7 Å². The third kappa shape index (κ3) is 1.40. The van der Waals surface area contributed by atoms with Crippen LogP contribution in [0, 0.1) is 6.92 Å². The Labute approximate surface area is 80.0 Å². The van der Waals surface area contributed by atoms with Crippen molar-refractivity contribution >= 4 is 5.95 Å². The van der Waals surface area contributed by atoms with E-state index in [0.29, 0.717) is 11.8 Å². The summed E-state index contributed by atoms with van der Waals surface area (Å²) in [6.45, 7) is 1.89. The average Bonchev–Trinajstić information content (AvgIpc) is 2.71. The molecule has 2 rings (SSSR count). The lowest BCUT2D eigenvalue weighted by Crippen LogP contribution is -2.12. The SMILES string of the molecule is Cc1cnc(NN)nc1-n1cncn1. The Morgan fingerprint density at radius 1 is 1.50 bits per heavy atom. The van der Waals surface area contributed by atoms with Crippen LogP contribution in [0.3, 0.4) is 0 Å². The molecule has 0 radical (unpaired) electrons. The lowest BCUT2D eigenvalue weighted by atomic mass is 10.3. The number of aryl methyl sites for hydroxylation is 1. The molecule has 7 heteroatoms. The van der Waals surface area contributed by atoms with E-state index in [4.69, 9.17) is 5.84 Å². The van der Waals surface area contributed by atoms with Gasteiger partial charge in [0.1, 0.15) is 12.7 Å². The van der Waals surface area contributed by atoms with Gasteiger partial charge < -0.3 is 0 Å².